The molecule has 1 aromatic carbocycles. The Bertz CT molecular complexity index is 488. The van der Waals surface area contributed by atoms with Crippen molar-refractivity contribution in [3.63, 3.8) is 0 Å². The standard InChI is InChI=1S/C15H17NOS/c1-2-3-5-12-7-9-13(10-8-12)16-15(17)14-6-4-11-18-14/h4,6-11H,2-3,5H2,1H3,(H,16,17). The first-order valence-corrected chi connectivity index (χ1v) is 7.11. The molecule has 0 fully saturated rings. The summed E-state index contributed by atoms with van der Waals surface area (Å²) < 4.78 is 0. The minimum absolute atomic E-state index is 0.0358. The summed E-state index contributed by atoms with van der Waals surface area (Å²) in [6, 6.07) is 11.8. The first-order valence-electron chi connectivity index (χ1n) is 6.23. The molecule has 94 valence electrons. The van der Waals surface area contributed by atoms with Crippen molar-refractivity contribution >= 4 is 22.9 Å². The van der Waals surface area contributed by atoms with Crippen LogP contribution in [0, 0.1) is 0 Å². The molecule has 0 radical (unpaired) electrons. The van der Waals surface area contributed by atoms with E-state index in [1.54, 1.807) is 0 Å². The van der Waals surface area contributed by atoms with E-state index in [9.17, 15) is 4.79 Å². The first-order chi connectivity index (χ1) is 8.79. The van der Waals surface area contributed by atoms with Crippen molar-refractivity contribution in [2.75, 3.05) is 5.32 Å². The van der Waals surface area contributed by atoms with Gasteiger partial charge in [-0.05, 0) is 42.0 Å². The Morgan fingerprint density at radius 2 is 2.00 bits per heavy atom. The van der Waals surface area contributed by atoms with Crippen LogP contribution in [-0.2, 0) is 6.42 Å². The molecule has 2 nitrogen and oxygen atoms in total. The largest absolute Gasteiger partial charge is 0.321 e. The van der Waals surface area contributed by atoms with Crippen molar-refractivity contribution in [1.29, 1.82) is 0 Å². The second-order valence-corrected chi connectivity index (χ2v) is 5.18. The molecule has 0 aliphatic rings. The van der Waals surface area contributed by atoms with Gasteiger partial charge >= 0.3 is 0 Å². The molecule has 1 aromatic heterocycles. The molecule has 3 heteroatoms. The number of unbranched alkanes of at least 4 members (excludes halogenated alkanes) is 1. The van der Waals surface area contributed by atoms with E-state index in [1.165, 1.54) is 29.7 Å². The molecule has 0 bridgehead atoms. The monoisotopic (exact) mass is 259 g/mol. The van der Waals surface area contributed by atoms with E-state index >= 15 is 0 Å². The third-order valence-electron chi connectivity index (χ3n) is 2.78. The van der Waals surface area contributed by atoms with Crippen molar-refractivity contribution in [2.45, 2.75) is 26.2 Å². The van der Waals surface area contributed by atoms with E-state index in [2.05, 4.69) is 24.4 Å². The van der Waals surface area contributed by atoms with Gasteiger partial charge in [-0.25, -0.2) is 0 Å². The van der Waals surface area contributed by atoms with Crippen molar-refractivity contribution in [2.24, 2.45) is 0 Å². The van der Waals surface area contributed by atoms with E-state index in [0.717, 1.165) is 17.0 Å². The third-order valence-corrected chi connectivity index (χ3v) is 3.64. The number of thiophene rings is 1. The van der Waals surface area contributed by atoms with Crippen LogP contribution in [-0.4, -0.2) is 5.91 Å². The fourth-order valence-corrected chi connectivity index (χ4v) is 2.36. The van der Waals surface area contributed by atoms with Crippen LogP contribution in [0.15, 0.2) is 41.8 Å². The normalized spacial score (nSPS) is 10.3. The summed E-state index contributed by atoms with van der Waals surface area (Å²) in [5, 5.41) is 4.80. The number of nitrogens with one attached hydrogen (secondary N) is 1. The highest BCUT2D eigenvalue weighted by Crippen LogP contribution is 2.15. The first kappa shape index (κ1) is 12.8. The summed E-state index contributed by atoms with van der Waals surface area (Å²) >= 11 is 1.45. The predicted octanol–water partition coefficient (Wildman–Crippen LogP) is 4.34. The van der Waals surface area contributed by atoms with Gasteiger partial charge in [-0.15, -0.1) is 11.3 Å². The molecule has 0 aliphatic heterocycles. The molecule has 0 spiro atoms. The Kier molecular flexibility index (Phi) is 4.53. The number of hydrogen-bond donors (Lipinski definition) is 1. The smallest absolute Gasteiger partial charge is 0.265 e. The lowest BCUT2D eigenvalue weighted by Crippen LogP contribution is -2.09. The molecular weight excluding hydrogens is 242 g/mol. The van der Waals surface area contributed by atoms with E-state index in [-0.39, 0.29) is 5.91 Å². The fourth-order valence-electron chi connectivity index (χ4n) is 1.74. The summed E-state index contributed by atoms with van der Waals surface area (Å²) in [6.07, 6.45) is 3.52. The number of amides is 1. The highest BCUT2D eigenvalue weighted by Gasteiger charge is 2.06. The Morgan fingerprint density at radius 1 is 1.22 bits per heavy atom. The maximum absolute atomic E-state index is 11.8. The fraction of sp³-hybridized carbons (Fsp3) is 0.267. The lowest BCUT2D eigenvalue weighted by molar-refractivity contribution is 0.103. The third kappa shape index (κ3) is 3.44. The van der Waals surface area contributed by atoms with Gasteiger partial charge in [-0.1, -0.05) is 31.5 Å². The number of aryl methyl sites for hydroxylation is 1. The Morgan fingerprint density at radius 3 is 2.61 bits per heavy atom. The van der Waals surface area contributed by atoms with Crippen LogP contribution in [0.5, 0.6) is 0 Å². The van der Waals surface area contributed by atoms with Gasteiger partial charge in [0.25, 0.3) is 5.91 Å². The number of carbonyl (C=O) groups excluding carboxylic acids is 1. The van der Waals surface area contributed by atoms with Crippen LogP contribution < -0.4 is 5.32 Å². The second kappa shape index (κ2) is 6.36. The zero-order valence-corrected chi connectivity index (χ0v) is 11.3. The highest BCUT2D eigenvalue weighted by molar-refractivity contribution is 7.12. The summed E-state index contributed by atoms with van der Waals surface area (Å²) in [5.41, 5.74) is 2.18. The Labute approximate surface area is 112 Å². The van der Waals surface area contributed by atoms with E-state index in [0.29, 0.717) is 0 Å². The molecular formula is C15H17NOS. The van der Waals surface area contributed by atoms with Gasteiger partial charge in [0.15, 0.2) is 0 Å². The summed E-state index contributed by atoms with van der Waals surface area (Å²) in [5.74, 6) is -0.0358. The van der Waals surface area contributed by atoms with Gasteiger partial charge in [0.1, 0.15) is 0 Å². The maximum atomic E-state index is 11.8. The zero-order valence-electron chi connectivity index (χ0n) is 10.5. The molecule has 0 atom stereocenters. The van der Waals surface area contributed by atoms with Crippen molar-refractivity contribution in [1.82, 2.24) is 0 Å². The van der Waals surface area contributed by atoms with Crippen LogP contribution in [0.1, 0.15) is 35.0 Å². The summed E-state index contributed by atoms with van der Waals surface area (Å²) in [7, 11) is 0. The molecule has 0 unspecified atom stereocenters. The van der Waals surface area contributed by atoms with E-state index in [1.807, 2.05) is 29.6 Å². The summed E-state index contributed by atoms with van der Waals surface area (Å²) in [6.45, 7) is 2.19. The van der Waals surface area contributed by atoms with Crippen LogP contribution >= 0.6 is 11.3 Å². The predicted molar refractivity (Wildman–Crippen MR) is 77.3 cm³/mol. The van der Waals surface area contributed by atoms with Gasteiger partial charge in [-0.3, -0.25) is 4.79 Å². The number of benzene rings is 1. The average Bonchev–Trinajstić information content (AvgIpc) is 2.92. The minimum atomic E-state index is -0.0358. The lowest BCUT2D eigenvalue weighted by atomic mass is 10.1. The molecule has 1 heterocycles. The van der Waals surface area contributed by atoms with Crippen molar-refractivity contribution < 1.29 is 4.79 Å². The topological polar surface area (TPSA) is 29.1 Å². The second-order valence-electron chi connectivity index (χ2n) is 4.23. The summed E-state index contributed by atoms with van der Waals surface area (Å²) in [4.78, 5) is 12.6. The number of hydrogen-bond acceptors (Lipinski definition) is 2. The van der Waals surface area contributed by atoms with Crippen LogP contribution in [0.2, 0.25) is 0 Å². The van der Waals surface area contributed by atoms with Gasteiger partial charge < -0.3 is 5.32 Å². The molecule has 0 saturated heterocycles. The van der Waals surface area contributed by atoms with Gasteiger partial charge in [-0.2, -0.15) is 0 Å². The van der Waals surface area contributed by atoms with E-state index < -0.39 is 0 Å². The Balaban J connectivity index is 1.96. The van der Waals surface area contributed by atoms with Gasteiger partial charge in [0.2, 0.25) is 0 Å². The number of anilines is 1. The van der Waals surface area contributed by atoms with Crippen LogP contribution in [0.25, 0.3) is 0 Å². The van der Waals surface area contributed by atoms with E-state index in [4.69, 9.17) is 0 Å². The number of rotatable bonds is 5. The van der Waals surface area contributed by atoms with Crippen LogP contribution in [0.4, 0.5) is 5.69 Å². The molecule has 18 heavy (non-hydrogen) atoms. The van der Waals surface area contributed by atoms with Crippen molar-refractivity contribution in [3.05, 3.63) is 52.2 Å². The Hall–Kier alpha value is -1.61. The quantitative estimate of drug-likeness (QED) is 0.850. The molecule has 0 aliphatic carbocycles. The van der Waals surface area contributed by atoms with Gasteiger partial charge in [0.05, 0.1) is 4.88 Å². The lowest BCUT2D eigenvalue weighted by Gasteiger charge is -2.05. The van der Waals surface area contributed by atoms with Crippen LogP contribution in [0.3, 0.4) is 0 Å². The molecule has 1 N–H and O–H groups in total. The average molecular weight is 259 g/mol. The number of carbonyl (C=O) groups is 1. The highest BCUT2D eigenvalue weighted by atomic mass is 32.1. The molecule has 0 saturated carbocycles. The maximum Gasteiger partial charge on any atom is 0.265 e. The molecule has 2 rings (SSSR count). The van der Waals surface area contributed by atoms with Crippen molar-refractivity contribution in [3.8, 4) is 0 Å². The molecule has 2 aromatic rings. The zero-order chi connectivity index (χ0) is 12.8. The SMILES string of the molecule is CCCCc1ccc(NC(=O)c2cccs2)cc1. The minimum Gasteiger partial charge on any atom is -0.321 e. The van der Waals surface area contributed by atoms with Gasteiger partial charge in [0, 0.05) is 5.69 Å². The molecule has 1 amide bonds.